The number of rotatable bonds is 9. The Balaban J connectivity index is 1.38. The third-order valence-electron chi connectivity index (χ3n) is 6.66. The lowest BCUT2D eigenvalue weighted by Crippen LogP contribution is -2.38. The molecule has 33 heavy (non-hydrogen) atoms. The van der Waals surface area contributed by atoms with E-state index in [9.17, 15) is 5.11 Å². The molecule has 2 heterocycles. The number of likely N-dealkylation sites (tertiary alicyclic amines) is 1. The summed E-state index contributed by atoms with van der Waals surface area (Å²) in [6.45, 7) is 8.21. The van der Waals surface area contributed by atoms with Crippen LogP contribution in [0.2, 0.25) is 0 Å². The Labute approximate surface area is 197 Å². The molecule has 3 aromatic rings. The first kappa shape index (κ1) is 23.3. The summed E-state index contributed by atoms with van der Waals surface area (Å²) in [7, 11) is 1.58. The van der Waals surface area contributed by atoms with Crippen LogP contribution < -0.4 is 4.74 Å². The summed E-state index contributed by atoms with van der Waals surface area (Å²) < 4.78 is 5.21. The molecule has 0 bridgehead atoms. The van der Waals surface area contributed by atoms with Crippen LogP contribution >= 0.6 is 0 Å². The van der Waals surface area contributed by atoms with E-state index in [4.69, 9.17) is 4.74 Å². The lowest BCUT2D eigenvalue weighted by atomic mass is 9.95. The number of ether oxygens (including phenoxy) is 1. The van der Waals surface area contributed by atoms with Gasteiger partial charge in [0.25, 0.3) is 0 Å². The van der Waals surface area contributed by atoms with Gasteiger partial charge in [0.1, 0.15) is 0 Å². The largest absolute Gasteiger partial charge is 0.504 e. The number of piperidine rings is 1. The van der Waals surface area contributed by atoms with Crippen LogP contribution in [-0.4, -0.2) is 46.6 Å². The van der Waals surface area contributed by atoms with Gasteiger partial charge < -0.3 is 9.84 Å². The Morgan fingerprint density at radius 2 is 1.82 bits per heavy atom. The normalized spacial score (nSPS) is 15.1. The fourth-order valence-corrected chi connectivity index (χ4v) is 4.75. The summed E-state index contributed by atoms with van der Waals surface area (Å²) in [5, 5.41) is 10.2. The SMILES string of the molecule is COc1ccc(CN(Cc2cccnc2)CC2CCN(Cc3ccccc3C)CC2)cc1O. The minimum absolute atomic E-state index is 0.195. The number of hydrogen-bond donors (Lipinski definition) is 1. The predicted octanol–water partition coefficient (Wildman–Crippen LogP) is 5.02. The fraction of sp³-hybridized carbons (Fsp3) is 0.393. The summed E-state index contributed by atoms with van der Waals surface area (Å²) in [6, 6.07) is 18.5. The molecule has 1 aliphatic heterocycles. The molecule has 5 heteroatoms. The smallest absolute Gasteiger partial charge is 0.160 e. The number of pyridine rings is 1. The van der Waals surface area contributed by atoms with Gasteiger partial charge in [0.2, 0.25) is 0 Å². The number of methoxy groups -OCH3 is 1. The summed E-state index contributed by atoms with van der Waals surface area (Å²) in [5.74, 6) is 1.38. The number of nitrogens with zero attached hydrogens (tertiary/aromatic N) is 3. The van der Waals surface area contributed by atoms with Gasteiger partial charge >= 0.3 is 0 Å². The van der Waals surface area contributed by atoms with Gasteiger partial charge in [0.05, 0.1) is 7.11 Å². The molecule has 0 spiro atoms. The van der Waals surface area contributed by atoms with Gasteiger partial charge in [-0.2, -0.15) is 0 Å². The standard InChI is InChI=1S/C28H35N3O2/c1-22-6-3-4-8-26(22)21-30-14-11-23(12-15-30)18-31(20-25-7-5-13-29-17-25)19-24-9-10-28(33-2)27(32)16-24/h3-10,13,16-17,23,32H,11-12,14-15,18-21H2,1-2H3. The second-order valence-corrected chi connectivity index (χ2v) is 9.18. The Bertz CT molecular complexity index is 1020. The number of benzene rings is 2. The molecule has 0 aliphatic carbocycles. The summed E-state index contributed by atoms with van der Waals surface area (Å²) >= 11 is 0. The fourth-order valence-electron chi connectivity index (χ4n) is 4.75. The Morgan fingerprint density at radius 1 is 1.03 bits per heavy atom. The van der Waals surface area contributed by atoms with Crippen molar-refractivity contribution in [2.24, 2.45) is 5.92 Å². The van der Waals surface area contributed by atoms with Crippen molar-refractivity contribution in [1.29, 1.82) is 0 Å². The minimum Gasteiger partial charge on any atom is -0.504 e. The molecular formula is C28H35N3O2. The van der Waals surface area contributed by atoms with Crippen LogP contribution in [-0.2, 0) is 19.6 Å². The maximum atomic E-state index is 10.2. The van der Waals surface area contributed by atoms with E-state index in [0.29, 0.717) is 11.7 Å². The van der Waals surface area contributed by atoms with Crippen molar-refractivity contribution in [3.63, 3.8) is 0 Å². The maximum Gasteiger partial charge on any atom is 0.160 e. The predicted molar refractivity (Wildman–Crippen MR) is 132 cm³/mol. The van der Waals surface area contributed by atoms with Crippen LogP contribution in [0.4, 0.5) is 0 Å². The summed E-state index contributed by atoms with van der Waals surface area (Å²) in [6.07, 6.45) is 6.19. The van der Waals surface area contributed by atoms with Crippen molar-refractivity contribution in [2.75, 3.05) is 26.7 Å². The third kappa shape index (κ3) is 6.56. The van der Waals surface area contributed by atoms with Gasteiger partial charge in [-0.3, -0.25) is 14.8 Å². The molecule has 4 rings (SSSR count). The Kier molecular flexibility index (Phi) is 7.97. The zero-order chi connectivity index (χ0) is 23.0. The highest BCUT2D eigenvalue weighted by Gasteiger charge is 2.22. The van der Waals surface area contributed by atoms with Crippen LogP contribution in [0.15, 0.2) is 67.0 Å². The molecule has 1 fully saturated rings. The summed E-state index contributed by atoms with van der Waals surface area (Å²) in [5.41, 5.74) is 5.12. The molecule has 1 saturated heterocycles. The average molecular weight is 446 g/mol. The lowest BCUT2D eigenvalue weighted by Gasteiger charge is -2.35. The summed E-state index contributed by atoms with van der Waals surface area (Å²) in [4.78, 5) is 9.37. The van der Waals surface area contributed by atoms with E-state index in [-0.39, 0.29) is 5.75 Å². The van der Waals surface area contributed by atoms with Crippen LogP contribution in [0.3, 0.4) is 0 Å². The molecule has 0 atom stereocenters. The molecule has 1 aromatic heterocycles. The van der Waals surface area contributed by atoms with Crippen LogP contribution in [0.25, 0.3) is 0 Å². The van der Waals surface area contributed by atoms with E-state index >= 15 is 0 Å². The third-order valence-corrected chi connectivity index (χ3v) is 6.66. The molecule has 174 valence electrons. The van der Waals surface area contributed by atoms with Crippen LogP contribution in [0.5, 0.6) is 11.5 Å². The monoisotopic (exact) mass is 445 g/mol. The number of phenols is 1. The van der Waals surface area contributed by atoms with Gasteiger partial charge in [-0.25, -0.2) is 0 Å². The second-order valence-electron chi connectivity index (χ2n) is 9.18. The number of aryl methyl sites for hydroxylation is 1. The highest BCUT2D eigenvalue weighted by Crippen LogP contribution is 2.28. The van der Waals surface area contributed by atoms with E-state index in [2.05, 4.69) is 52.0 Å². The van der Waals surface area contributed by atoms with Crippen molar-refractivity contribution < 1.29 is 9.84 Å². The number of aromatic nitrogens is 1. The molecule has 0 amide bonds. The molecule has 0 saturated carbocycles. The van der Waals surface area contributed by atoms with Gasteiger partial charge in [0.15, 0.2) is 11.5 Å². The van der Waals surface area contributed by atoms with Crippen LogP contribution in [0, 0.1) is 12.8 Å². The quantitative estimate of drug-likeness (QED) is 0.501. The van der Waals surface area contributed by atoms with Crippen molar-refractivity contribution in [1.82, 2.24) is 14.8 Å². The molecule has 0 unspecified atom stereocenters. The molecule has 2 aromatic carbocycles. The van der Waals surface area contributed by atoms with E-state index < -0.39 is 0 Å². The van der Waals surface area contributed by atoms with E-state index in [1.807, 2.05) is 36.7 Å². The van der Waals surface area contributed by atoms with Gasteiger partial charge in [-0.1, -0.05) is 36.4 Å². The Hall–Kier alpha value is -2.89. The van der Waals surface area contributed by atoms with E-state index in [0.717, 1.165) is 44.8 Å². The van der Waals surface area contributed by atoms with Crippen molar-refractivity contribution in [2.45, 2.75) is 39.4 Å². The first-order valence-electron chi connectivity index (χ1n) is 11.8. The lowest BCUT2D eigenvalue weighted by molar-refractivity contribution is 0.132. The number of aromatic hydroxyl groups is 1. The first-order valence-corrected chi connectivity index (χ1v) is 11.8. The maximum absolute atomic E-state index is 10.2. The zero-order valence-corrected chi connectivity index (χ0v) is 19.8. The molecule has 5 nitrogen and oxygen atoms in total. The minimum atomic E-state index is 0.195. The van der Waals surface area contributed by atoms with Gasteiger partial charge in [-0.05, 0) is 79.2 Å². The van der Waals surface area contributed by atoms with Crippen LogP contribution in [0.1, 0.15) is 35.1 Å². The van der Waals surface area contributed by atoms with Crippen molar-refractivity contribution >= 4 is 0 Å². The van der Waals surface area contributed by atoms with E-state index in [1.54, 1.807) is 7.11 Å². The topological polar surface area (TPSA) is 48.8 Å². The van der Waals surface area contributed by atoms with Gasteiger partial charge in [-0.15, -0.1) is 0 Å². The average Bonchev–Trinajstić information content (AvgIpc) is 2.82. The van der Waals surface area contributed by atoms with Crippen molar-refractivity contribution in [3.05, 3.63) is 89.2 Å². The molecule has 1 aliphatic rings. The number of hydrogen-bond acceptors (Lipinski definition) is 5. The number of phenolic OH excluding ortho intramolecular Hbond substituents is 1. The van der Waals surface area contributed by atoms with Gasteiger partial charge in [0, 0.05) is 38.6 Å². The molecule has 1 N–H and O–H groups in total. The van der Waals surface area contributed by atoms with E-state index in [1.165, 1.54) is 29.5 Å². The molecule has 0 radical (unpaired) electrons. The van der Waals surface area contributed by atoms with Crippen molar-refractivity contribution in [3.8, 4) is 11.5 Å². The highest BCUT2D eigenvalue weighted by molar-refractivity contribution is 5.41. The molecular weight excluding hydrogens is 410 g/mol. The first-order chi connectivity index (χ1) is 16.1. The second kappa shape index (κ2) is 11.3. The zero-order valence-electron chi connectivity index (χ0n) is 19.8. The Morgan fingerprint density at radius 3 is 2.52 bits per heavy atom. The highest BCUT2D eigenvalue weighted by atomic mass is 16.5.